The molecule has 0 radical (unpaired) electrons. The molecule has 9 heteroatoms. The maximum Gasteiger partial charge on any atom is 0.266 e. The van der Waals surface area contributed by atoms with Gasteiger partial charge in [-0.15, -0.1) is 5.10 Å². The third-order valence-electron chi connectivity index (χ3n) is 1.70. The van der Waals surface area contributed by atoms with Crippen LogP contribution in [0, 0.1) is 0 Å². The van der Waals surface area contributed by atoms with Crippen molar-refractivity contribution in [2.24, 2.45) is 0 Å². The number of aromatic nitrogens is 3. The molecule has 2 heterocycles. The minimum absolute atomic E-state index is 0.0663. The summed E-state index contributed by atoms with van der Waals surface area (Å²) in [6.45, 7) is 0. The van der Waals surface area contributed by atoms with E-state index in [2.05, 4.69) is 19.3 Å². The number of nitrogens with two attached hydrogens (primary N) is 1. The molecule has 0 saturated carbocycles. The minimum Gasteiger partial charge on any atom is -0.398 e. The second kappa shape index (κ2) is 4.02. The lowest BCUT2D eigenvalue weighted by atomic mass is 10.4. The maximum atomic E-state index is 11.8. The SMILES string of the molecule is Nc1ccncc1S(=O)(=O)Nc1cnns1. The van der Waals surface area contributed by atoms with Gasteiger partial charge in [0.15, 0.2) is 0 Å². The van der Waals surface area contributed by atoms with Crippen LogP contribution in [0.25, 0.3) is 0 Å². The summed E-state index contributed by atoms with van der Waals surface area (Å²) in [4.78, 5) is 3.65. The van der Waals surface area contributed by atoms with Gasteiger partial charge >= 0.3 is 0 Å². The lowest BCUT2D eigenvalue weighted by Crippen LogP contribution is -2.14. The Bertz CT molecular complexity index is 581. The highest BCUT2D eigenvalue weighted by Crippen LogP contribution is 2.20. The van der Waals surface area contributed by atoms with Gasteiger partial charge in [-0.1, -0.05) is 4.49 Å². The van der Waals surface area contributed by atoms with Crippen molar-refractivity contribution >= 4 is 32.2 Å². The van der Waals surface area contributed by atoms with Crippen molar-refractivity contribution in [1.82, 2.24) is 14.6 Å². The van der Waals surface area contributed by atoms with Gasteiger partial charge < -0.3 is 5.73 Å². The third-order valence-corrected chi connectivity index (χ3v) is 3.82. The van der Waals surface area contributed by atoms with E-state index in [9.17, 15) is 8.42 Å². The van der Waals surface area contributed by atoms with Gasteiger partial charge in [-0.25, -0.2) is 8.42 Å². The topological polar surface area (TPSA) is 111 Å². The molecule has 0 aliphatic carbocycles. The molecule has 0 fully saturated rings. The first-order valence-electron chi connectivity index (χ1n) is 4.09. The Hall–Kier alpha value is -1.74. The van der Waals surface area contributed by atoms with E-state index in [0.717, 1.165) is 11.5 Å². The number of hydrogen-bond acceptors (Lipinski definition) is 7. The fourth-order valence-electron chi connectivity index (χ4n) is 1.01. The number of nitrogens with one attached hydrogen (secondary N) is 1. The van der Waals surface area contributed by atoms with Gasteiger partial charge in [0.1, 0.15) is 9.90 Å². The van der Waals surface area contributed by atoms with Crippen molar-refractivity contribution in [3.05, 3.63) is 24.7 Å². The van der Waals surface area contributed by atoms with Gasteiger partial charge in [0.2, 0.25) is 0 Å². The Morgan fingerprint density at radius 1 is 1.38 bits per heavy atom. The Morgan fingerprint density at radius 2 is 2.19 bits per heavy atom. The highest BCUT2D eigenvalue weighted by Gasteiger charge is 2.18. The van der Waals surface area contributed by atoms with Gasteiger partial charge in [0.25, 0.3) is 10.0 Å². The van der Waals surface area contributed by atoms with Crippen LogP contribution in [0.4, 0.5) is 10.7 Å². The van der Waals surface area contributed by atoms with Crippen molar-refractivity contribution in [2.45, 2.75) is 4.90 Å². The zero-order chi connectivity index (χ0) is 11.6. The van der Waals surface area contributed by atoms with Crippen LogP contribution < -0.4 is 10.5 Å². The first-order chi connectivity index (χ1) is 7.59. The average molecular weight is 257 g/mol. The van der Waals surface area contributed by atoms with Gasteiger partial charge in [-0.2, -0.15) is 0 Å². The summed E-state index contributed by atoms with van der Waals surface area (Å²) in [6.07, 6.45) is 3.92. The Morgan fingerprint density at radius 3 is 2.81 bits per heavy atom. The van der Waals surface area contributed by atoms with Crippen molar-refractivity contribution < 1.29 is 8.42 Å². The van der Waals surface area contributed by atoms with Crippen LogP contribution >= 0.6 is 11.5 Å². The second-order valence-electron chi connectivity index (χ2n) is 2.80. The molecule has 2 rings (SSSR count). The zero-order valence-electron chi connectivity index (χ0n) is 7.86. The molecule has 84 valence electrons. The van der Waals surface area contributed by atoms with E-state index in [0.29, 0.717) is 5.00 Å². The van der Waals surface area contributed by atoms with Crippen LogP contribution in [0.3, 0.4) is 0 Å². The Kier molecular flexibility index (Phi) is 2.71. The number of nitrogen functional groups attached to an aromatic ring is 1. The largest absolute Gasteiger partial charge is 0.398 e. The van der Waals surface area contributed by atoms with Gasteiger partial charge in [0, 0.05) is 23.9 Å². The fourth-order valence-corrected chi connectivity index (χ4v) is 2.78. The van der Waals surface area contributed by atoms with Gasteiger partial charge in [-0.3, -0.25) is 9.71 Å². The quantitative estimate of drug-likeness (QED) is 0.819. The molecule has 0 spiro atoms. The van der Waals surface area contributed by atoms with Crippen LogP contribution in [0.2, 0.25) is 0 Å². The third kappa shape index (κ3) is 2.09. The molecule has 0 amide bonds. The molecule has 0 bridgehead atoms. The smallest absolute Gasteiger partial charge is 0.266 e. The molecule has 0 aliphatic heterocycles. The molecular weight excluding hydrogens is 250 g/mol. The van der Waals surface area contributed by atoms with E-state index in [4.69, 9.17) is 5.73 Å². The first-order valence-corrected chi connectivity index (χ1v) is 6.35. The van der Waals surface area contributed by atoms with E-state index in [1.807, 2.05) is 0 Å². The predicted molar refractivity (Wildman–Crippen MR) is 59.4 cm³/mol. The summed E-state index contributed by atoms with van der Waals surface area (Å²) in [5, 5.41) is 3.84. The summed E-state index contributed by atoms with van der Waals surface area (Å²) in [6, 6.07) is 1.42. The van der Waals surface area contributed by atoms with Crippen molar-refractivity contribution in [3.63, 3.8) is 0 Å². The molecule has 7 nitrogen and oxygen atoms in total. The summed E-state index contributed by atoms with van der Waals surface area (Å²) in [5.74, 6) is 0. The molecule has 0 atom stereocenters. The number of pyridine rings is 1. The average Bonchev–Trinajstić information content (AvgIpc) is 2.70. The van der Waals surface area contributed by atoms with Crippen molar-refractivity contribution in [1.29, 1.82) is 0 Å². The monoisotopic (exact) mass is 257 g/mol. The van der Waals surface area contributed by atoms with E-state index in [1.165, 1.54) is 24.7 Å². The number of anilines is 2. The molecule has 2 aromatic rings. The maximum absolute atomic E-state index is 11.8. The predicted octanol–water partition coefficient (Wildman–Crippen LogP) is 0.316. The highest BCUT2D eigenvalue weighted by molar-refractivity contribution is 7.93. The lowest BCUT2D eigenvalue weighted by molar-refractivity contribution is 0.601. The van der Waals surface area contributed by atoms with E-state index >= 15 is 0 Å². The van der Waals surface area contributed by atoms with E-state index in [1.54, 1.807) is 0 Å². The van der Waals surface area contributed by atoms with Crippen LogP contribution in [0.1, 0.15) is 0 Å². The van der Waals surface area contributed by atoms with Crippen LogP contribution in [0.15, 0.2) is 29.6 Å². The van der Waals surface area contributed by atoms with Crippen LogP contribution in [-0.2, 0) is 10.0 Å². The number of hydrogen-bond donors (Lipinski definition) is 2. The Labute approximate surface area is 95.5 Å². The molecule has 0 unspecified atom stereocenters. The highest BCUT2D eigenvalue weighted by atomic mass is 32.2. The zero-order valence-corrected chi connectivity index (χ0v) is 9.49. The molecular formula is C7H7N5O2S2. The molecule has 16 heavy (non-hydrogen) atoms. The van der Waals surface area contributed by atoms with Crippen LogP contribution in [0.5, 0.6) is 0 Å². The Balaban J connectivity index is 2.37. The molecule has 0 aliphatic rings. The van der Waals surface area contributed by atoms with E-state index < -0.39 is 10.0 Å². The van der Waals surface area contributed by atoms with Crippen molar-refractivity contribution in [2.75, 3.05) is 10.5 Å². The minimum atomic E-state index is -3.72. The van der Waals surface area contributed by atoms with Gasteiger partial charge in [-0.05, 0) is 6.07 Å². The summed E-state index contributed by atoms with van der Waals surface area (Å²) in [5.41, 5.74) is 5.69. The molecule has 2 aromatic heterocycles. The number of nitrogens with zero attached hydrogens (tertiary/aromatic N) is 3. The van der Waals surface area contributed by atoms with Gasteiger partial charge in [0.05, 0.1) is 11.9 Å². The molecule has 3 N–H and O–H groups in total. The molecule has 0 saturated heterocycles. The molecule has 0 aromatic carbocycles. The number of sulfonamides is 1. The number of rotatable bonds is 3. The van der Waals surface area contributed by atoms with Crippen LogP contribution in [-0.4, -0.2) is 23.0 Å². The normalized spacial score (nSPS) is 11.2. The first kappa shape index (κ1) is 10.8. The van der Waals surface area contributed by atoms with Crippen molar-refractivity contribution in [3.8, 4) is 0 Å². The fraction of sp³-hybridized carbons (Fsp3) is 0. The standard InChI is InChI=1S/C7H7N5O2S2/c8-5-1-2-9-3-6(5)16(13,14)11-7-4-10-12-15-7/h1-4,11H,(H2,8,9). The van der Waals surface area contributed by atoms with E-state index in [-0.39, 0.29) is 10.6 Å². The second-order valence-corrected chi connectivity index (χ2v) is 5.24. The summed E-state index contributed by atoms with van der Waals surface area (Å²) >= 11 is 0.938. The summed E-state index contributed by atoms with van der Waals surface area (Å²) < 4.78 is 29.5. The summed E-state index contributed by atoms with van der Waals surface area (Å²) in [7, 11) is -3.72. The lowest BCUT2D eigenvalue weighted by Gasteiger charge is -2.06.